The van der Waals surface area contributed by atoms with Crippen LogP contribution in [-0.2, 0) is 13.0 Å². The van der Waals surface area contributed by atoms with Crippen LogP contribution in [0.4, 0.5) is 0 Å². The van der Waals surface area contributed by atoms with E-state index in [1.54, 1.807) is 6.07 Å². The molecule has 1 N–H and O–H groups in total. The van der Waals surface area contributed by atoms with Crippen molar-refractivity contribution >= 4 is 5.97 Å². The van der Waals surface area contributed by atoms with Crippen LogP contribution in [0.15, 0.2) is 42.5 Å². The first-order chi connectivity index (χ1) is 8.72. The van der Waals surface area contributed by atoms with Crippen LogP contribution >= 0.6 is 0 Å². The third-order valence-corrected chi connectivity index (χ3v) is 2.98. The molecule has 0 spiro atoms. The first-order valence-corrected chi connectivity index (χ1v) is 6.18. The van der Waals surface area contributed by atoms with Crippen molar-refractivity contribution in [2.24, 2.45) is 0 Å². The van der Waals surface area contributed by atoms with Crippen molar-refractivity contribution in [3.05, 3.63) is 59.4 Å². The smallest absolute Gasteiger partial charge is 0.352 e. The van der Waals surface area contributed by atoms with Gasteiger partial charge in [-0.15, -0.1) is 0 Å². The molecule has 0 fully saturated rings. The highest BCUT2D eigenvalue weighted by molar-refractivity contribution is 5.86. The molecular weight excluding hydrogens is 226 g/mol. The third kappa shape index (κ3) is 2.62. The number of hydrogen-bond donors (Lipinski definition) is 1. The van der Waals surface area contributed by atoms with E-state index >= 15 is 0 Å². The summed E-state index contributed by atoms with van der Waals surface area (Å²) in [5, 5.41) is 9.20. The summed E-state index contributed by atoms with van der Waals surface area (Å²) in [6.07, 6.45) is 1.91. The van der Waals surface area contributed by atoms with Crippen LogP contribution in [0.25, 0.3) is 0 Å². The summed E-state index contributed by atoms with van der Waals surface area (Å²) in [5.74, 6) is -0.867. The lowest BCUT2D eigenvalue weighted by molar-refractivity contribution is 0.0685. The highest BCUT2D eigenvalue weighted by Gasteiger charge is 2.13. The summed E-state index contributed by atoms with van der Waals surface area (Å²) in [7, 11) is 0. The minimum absolute atomic E-state index is 0.363. The molecular formula is C15H17NO2. The number of carboxylic acids is 1. The fourth-order valence-electron chi connectivity index (χ4n) is 2.12. The van der Waals surface area contributed by atoms with Crippen molar-refractivity contribution in [1.82, 2.24) is 4.57 Å². The Hall–Kier alpha value is -2.03. The van der Waals surface area contributed by atoms with Gasteiger partial charge in [-0.1, -0.05) is 43.7 Å². The third-order valence-electron chi connectivity index (χ3n) is 2.98. The fourth-order valence-corrected chi connectivity index (χ4v) is 2.12. The molecule has 2 aromatic rings. The van der Waals surface area contributed by atoms with Crippen LogP contribution in [0.3, 0.4) is 0 Å². The summed E-state index contributed by atoms with van der Waals surface area (Å²) in [4.78, 5) is 11.2. The molecule has 2 rings (SSSR count). The van der Waals surface area contributed by atoms with E-state index in [0.717, 1.165) is 24.1 Å². The average Bonchev–Trinajstić information content (AvgIpc) is 2.74. The highest BCUT2D eigenvalue weighted by atomic mass is 16.4. The summed E-state index contributed by atoms with van der Waals surface area (Å²) in [6, 6.07) is 13.5. The van der Waals surface area contributed by atoms with E-state index in [0.29, 0.717) is 12.2 Å². The Balaban J connectivity index is 2.34. The van der Waals surface area contributed by atoms with Crippen LogP contribution in [0.5, 0.6) is 0 Å². The van der Waals surface area contributed by atoms with Crippen LogP contribution in [0.1, 0.15) is 35.1 Å². The van der Waals surface area contributed by atoms with Gasteiger partial charge in [0, 0.05) is 12.2 Å². The maximum atomic E-state index is 11.2. The van der Waals surface area contributed by atoms with Crippen molar-refractivity contribution in [2.75, 3.05) is 0 Å². The van der Waals surface area contributed by atoms with Crippen molar-refractivity contribution in [1.29, 1.82) is 0 Å². The van der Waals surface area contributed by atoms with Gasteiger partial charge >= 0.3 is 5.97 Å². The first kappa shape index (κ1) is 12.4. The van der Waals surface area contributed by atoms with Crippen molar-refractivity contribution in [3.8, 4) is 0 Å². The lowest BCUT2D eigenvalue weighted by Crippen LogP contribution is -2.12. The van der Waals surface area contributed by atoms with E-state index in [9.17, 15) is 9.90 Å². The van der Waals surface area contributed by atoms with Gasteiger partial charge in [0.2, 0.25) is 0 Å². The van der Waals surface area contributed by atoms with Gasteiger partial charge in [-0.2, -0.15) is 0 Å². The van der Waals surface area contributed by atoms with Crippen LogP contribution < -0.4 is 0 Å². The minimum Gasteiger partial charge on any atom is -0.477 e. The molecule has 1 aromatic carbocycles. The Morgan fingerprint density at radius 3 is 2.50 bits per heavy atom. The second kappa shape index (κ2) is 5.54. The first-order valence-electron chi connectivity index (χ1n) is 6.18. The molecule has 18 heavy (non-hydrogen) atoms. The van der Waals surface area contributed by atoms with Gasteiger partial charge in [-0.25, -0.2) is 4.79 Å². The van der Waals surface area contributed by atoms with Crippen molar-refractivity contribution in [3.63, 3.8) is 0 Å². The molecule has 0 saturated heterocycles. The van der Waals surface area contributed by atoms with Crippen LogP contribution in [-0.4, -0.2) is 15.6 Å². The number of aromatic nitrogens is 1. The maximum absolute atomic E-state index is 11.2. The van der Waals surface area contributed by atoms with E-state index in [-0.39, 0.29) is 0 Å². The van der Waals surface area contributed by atoms with Gasteiger partial charge in [-0.3, -0.25) is 0 Å². The van der Waals surface area contributed by atoms with Gasteiger partial charge in [0.15, 0.2) is 0 Å². The van der Waals surface area contributed by atoms with Crippen molar-refractivity contribution < 1.29 is 9.90 Å². The zero-order chi connectivity index (χ0) is 13.0. The Labute approximate surface area is 107 Å². The molecule has 94 valence electrons. The second-order valence-corrected chi connectivity index (χ2v) is 4.34. The summed E-state index contributed by atoms with van der Waals surface area (Å²) in [5.41, 5.74) is 2.56. The Morgan fingerprint density at radius 2 is 1.89 bits per heavy atom. The molecule has 0 bridgehead atoms. The summed E-state index contributed by atoms with van der Waals surface area (Å²) < 4.78 is 1.89. The number of carbonyl (C=O) groups is 1. The predicted octanol–water partition coefficient (Wildman–Crippen LogP) is 3.19. The number of carboxylic acid groups (broad SMARTS) is 1. The van der Waals surface area contributed by atoms with E-state index in [1.807, 2.05) is 41.0 Å². The average molecular weight is 243 g/mol. The Kier molecular flexibility index (Phi) is 3.82. The van der Waals surface area contributed by atoms with Gasteiger partial charge in [0.05, 0.1) is 0 Å². The van der Waals surface area contributed by atoms with Crippen molar-refractivity contribution in [2.45, 2.75) is 26.3 Å². The predicted molar refractivity (Wildman–Crippen MR) is 70.9 cm³/mol. The quantitative estimate of drug-likeness (QED) is 0.876. The number of nitrogens with zero attached hydrogens (tertiary/aromatic N) is 1. The Bertz CT molecular complexity index is 529. The molecule has 0 atom stereocenters. The zero-order valence-corrected chi connectivity index (χ0v) is 10.5. The lowest BCUT2D eigenvalue weighted by atomic mass is 10.2. The lowest BCUT2D eigenvalue weighted by Gasteiger charge is -2.11. The molecule has 3 heteroatoms. The van der Waals surface area contributed by atoms with Gasteiger partial charge in [0.25, 0.3) is 0 Å². The standard InChI is InChI=1S/C15H17NO2/c1-2-6-13-9-10-14(15(17)18)16(13)11-12-7-4-3-5-8-12/h3-5,7-10H,2,6,11H2,1H3,(H,17,18). The van der Waals surface area contributed by atoms with Gasteiger partial charge < -0.3 is 9.67 Å². The number of benzene rings is 1. The largest absolute Gasteiger partial charge is 0.477 e. The SMILES string of the molecule is CCCc1ccc(C(=O)O)n1Cc1ccccc1. The fraction of sp³-hybridized carbons (Fsp3) is 0.267. The zero-order valence-electron chi connectivity index (χ0n) is 10.5. The number of aromatic carboxylic acids is 1. The molecule has 1 heterocycles. The molecule has 1 aromatic heterocycles. The second-order valence-electron chi connectivity index (χ2n) is 4.34. The molecule has 0 saturated carbocycles. The van der Waals surface area contributed by atoms with E-state index in [2.05, 4.69) is 6.92 Å². The molecule has 0 radical (unpaired) electrons. The summed E-state index contributed by atoms with van der Waals surface area (Å²) >= 11 is 0. The van der Waals surface area contributed by atoms with E-state index in [4.69, 9.17) is 0 Å². The van der Waals surface area contributed by atoms with E-state index < -0.39 is 5.97 Å². The molecule has 0 aliphatic carbocycles. The van der Waals surface area contributed by atoms with Gasteiger partial charge in [0.1, 0.15) is 5.69 Å². The van der Waals surface area contributed by atoms with Gasteiger partial charge in [-0.05, 0) is 24.1 Å². The molecule has 0 aliphatic heterocycles. The van der Waals surface area contributed by atoms with Crippen LogP contribution in [0.2, 0.25) is 0 Å². The monoisotopic (exact) mass is 243 g/mol. The van der Waals surface area contributed by atoms with Crippen LogP contribution in [0, 0.1) is 0 Å². The molecule has 0 amide bonds. The molecule has 0 unspecified atom stereocenters. The molecule has 0 aliphatic rings. The summed E-state index contributed by atoms with van der Waals surface area (Å²) in [6.45, 7) is 2.71. The highest BCUT2D eigenvalue weighted by Crippen LogP contribution is 2.14. The number of hydrogen-bond acceptors (Lipinski definition) is 1. The number of rotatable bonds is 5. The van der Waals surface area contributed by atoms with E-state index in [1.165, 1.54) is 0 Å². The normalized spacial score (nSPS) is 10.5. The maximum Gasteiger partial charge on any atom is 0.352 e. The minimum atomic E-state index is -0.867. The Morgan fingerprint density at radius 1 is 1.17 bits per heavy atom. The topological polar surface area (TPSA) is 42.2 Å². The number of aryl methyl sites for hydroxylation is 1. The molecule has 3 nitrogen and oxygen atoms in total.